The lowest BCUT2D eigenvalue weighted by atomic mass is 10.2. The molecule has 0 saturated heterocycles. The Morgan fingerprint density at radius 2 is 1.73 bits per heavy atom. The minimum Gasteiger partial charge on any atom is -0.454 e. The molecule has 2 aromatic heterocycles. The van der Waals surface area contributed by atoms with E-state index < -0.39 is 0 Å². The number of nitrogens with one attached hydrogen (secondary N) is 2. The van der Waals surface area contributed by atoms with Gasteiger partial charge in [-0.05, 0) is 48.0 Å². The fourth-order valence-corrected chi connectivity index (χ4v) is 2.41. The van der Waals surface area contributed by atoms with Crippen molar-refractivity contribution in [1.29, 1.82) is 0 Å². The highest BCUT2D eigenvalue weighted by molar-refractivity contribution is 6.04. The molecule has 3 heterocycles. The summed E-state index contributed by atoms with van der Waals surface area (Å²) in [6.45, 7) is 0.778. The summed E-state index contributed by atoms with van der Waals surface area (Å²) >= 11 is 0. The van der Waals surface area contributed by atoms with Crippen molar-refractivity contribution < 1.29 is 14.3 Å². The highest BCUT2D eigenvalue weighted by Crippen LogP contribution is 2.32. The van der Waals surface area contributed by atoms with Crippen LogP contribution in [0.3, 0.4) is 0 Å². The van der Waals surface area contributed by atoms with E-state index in [9.17, 15) is 4.79 Å². The molecule has 3 aromatic rings. The Morgan fingerprint density at radius 1 is 0.962 bits per heavy atom. The Hall–Kier alpha value is -3.68. The van der Waals surface area contributed by atoms with Crippen molar-refractivity contribution in [3.8, 4) is 11.5 Å². The number of pyridine rings is 1. The first kappa shape index (κ1) is 15.8. The quantitative estimate of drug-likeness (QED) is 0.730. The van der Waals surface area contributed by atoms with Crippen LogP contribution in [0.15, 0.2) is 54.9 Å². The van der Waals surface area contributed by atoms with Crippen molar-refractivity contribution >= 4 is 17.5 Å². The molecule has 1 aliphatic heterocycles. The van der Waals surface area contributed by atoms with E-state index in [1.54, 1.807) is 42.7 Å². The molecular formula is C18H15N5O3. The zero-order chi connectivity index (χ0) is 17.8. The molecule has 0 atom stereocenters. The van der Waals surface area contributed by atoms with Gasteiger partial charge in [-0.15, -0.1) is 10.2 Å². The Labute approximate surface area is 149 Å². The van der Waals surface area contributed by atoms with Gasteiger partial charge in [0.25, 0.3) is 5.91 Å². The van der Waals surface area contributed by atoms with Crippen LogP contribution in [-0.4, -0.2) is 27.9 Å². The molecule has 1 amide bonds. The van der Waals surface area contributed by atoms with Crippen molar-refractivity contribution in [2.75, 3.05) is 17.4 Å². The summed E-state index contributed by atoms with van der Waals surface area (Å²) in [5, 5.41) is 13.9. The maximum atomic E-state index is 12.3. The number of hydrogen-bond acceptors (Lipinski definition) is 7. The average molecular weight is 349 g/mol. The number of carbonyl (C=O) groups excluding carboxylic acids is 1. The minimum absolute atomic E-state index is 0.167. The van der Waals surface area contributed by atoms with Gasteiger partial charge in [0.05, 0.1) is 0 Å². The highest BCUT2D eigenvalue weighted by Gasteiger charge is 2.16. The second-order valence-corrected chi connectivity index (χ2v) is 5.53. The normalized spacial score (nSPS) is 11.8. The molecule has 130 valence electrons. The van der Waals surface area contributed by atoms with Gasteiger partial charge in [0, 0.05) is 24.5 Å². The number of anilines is 2. The van der Waals surface area contributed by atoms with Crippen molar-refractivity contribution in [2.45, 2.75) is 6.54 Å². The van der Waals surface area contributed by atoms with Crippen molar-refractivity contribution in [3.05, 3.63) is 66.0 Å². The summed E-state index contributed by atoms with van der Waals surface area (Å²) in [6.07, 6.45) is 3.47. The van der Waals surface area contributed by atoms with E-state index in [0.29, 0.717) is 35.2 Å². The number of ether oxygens (including phenoxy) is 2. The second-order valence-electron chi connectivity index (χ2n) is 5.53. The lowest BCUT2D eigenvalue weighted by Gasteiger charge is -2.07. The third-order valence-electron chi connectivity index (χ3n) is 3.76. The van der Waals surface area contributed by atoms with Gasteiger partial charge in [-0.2, -0.15) is 0 Å². The average Bonchev–Trinajstić information content (AvgIpc) is 3.16. The molecule has 8 heteroatoms. The van der Waals surface area contributed by atoms with Crippen LogP contribution in [0.4, 0.5) is 11.6 Å². The molecule has 0 fully saturated rings. The molecule has 0 saturated carbocycles. The molecule has 4 rings (SSSR count). The number of amides is 1. The van der Waals surface area contributed by atoms with E-state index >= 15 is 0 Å². The van der Waals surface area contributed by atoms with E-state index in [0.717, 1.165) is 5.56 Å². The molecule has 1 aromatic carbocycles. The topological polar surface area (TPSA) is 98.3 Å². The maximum Gasteiger partial charge on any atom is 0.257 e. The third kappa shape index (κ3) is 3.54. The number of aromatic nitrogens is 3. The maximum absolute atomic E-state index is 12.3. The minimum atomic E-state index is -0.296. The van der Waals surface area contributed by atoms with Crippen LogP contribution in [-0.2, 0) is 6.54 Å². The van der Waals surface area contributed by atoms with Gasteiger partial charge < -0.3 is 20.1 Å². The van der Waals surface area contributed by atoms with Gasteiger partial charge in [0.1, 0.15) is 5.82 Å². The van der Waals surface area contributed by atoms with Gasteiger partial charge in [-0.1, -0.05) is 0 Å². The number of fused-ring (bicyclic) bond motifs is 1. The number of hydrogen-bond donors (Lipinski definition) is 2. The molecule has 8 nitrogen and oxygen atoms in total. The Kier molecular flexibility index (Phi) is 4.29. The predicted octanol–water partition coefficient (Wildman–Crippen LogP) is 2.46. The SMILES string of the molecule is O=C(Nc1ccc(NCc2ccncc2)nn1)c1ccc2c(c1)OCO2. The first-order chi connectivity index (χ1) is 12.8. The summed E-state index contributed by atoms with van der Waals surface area (Å²) in [4.78, 5) is 16.3. The fourth-order valence-electron chi connectivity index (χ4n) is 2.41. The zero-order valence-corrected chi connectivity index (χ0v) is 13.7. The monoisotopic (exact) mass is 349 g/mol. The number of rotatable bonds is 5. The molecule has 0 radical (unpaired) electrons. The lowest BCUT2D eigenvalue weighted by Crippen LogP contribution is -2.13. The van der Waals surface area contributed by atoms with Crippen LogP contribution < -0.4 is 20.1 Å². The molecular weight excluding hydrogens is 334 g/mol. The summed E-state index contributed by atoms with van der Waals surface area (Å²) in [5.74, 6) is 1.87. The fraction of sp³-hybridized carbons (Fsp3) is 0.111. The lowest BCUT2D eigenvalue weighted by molar-refractivity contribution is 0.102. The van der Waals surface area contributed by atoms with Crippen LogP contribution in [0.2, 0.25) is 0 Å². The van der Waals surface area contributed by atoms with Crippen LogP contribution in [0.5, 0.6) is 11.5 Å². The first-order valence-corrected chi connectivity index (χ1v) is 7.95. The molecule has 0 spiro atoms. The van der Waals surface area contributed by atoms with Crippen molar-refractivity contribution in [2.24, 2.45) is 0 Å². The zero-order valence-electron chi connectivity index (χ0n) is 13.7. The second kappa shape index (κ2) is 7.06. The highest BCUT2D eigenvalue weighted by atomic mass is 16.7. The van der Waals surface area contributed by atoms with E-state index in [2.05, 4.69) is 25.8 Å². The largest absolute Gasteiger partial charge is 0.454 e. The Balaban J connectivity index is 1.37. The van der Waals surface area contributed by atoms with Crippen molar-refractivity contribution in [1.82, 2.24) is 15.2 Å². The summed E-state index contributed by atoms with van der Waals surface area (Å²) in [7, 11) is 0. The van der Waals surface area contributed by atoms with E-state index in [1.807, 2.05) is 12.1 Å². The molecule has 0 unspecified atom stereocenters. The first-order valence-electron chi connectivity index (χ1n) is 7.95. The smallest absolute Gasteiger partial charge is 0.257 e. The summed E-state index contributed by atoms with van der Waals surface area (Å²) < 4.78 is 10.5. The molecule has 2 N–H and O–H groups in total. The van der Waals surface area contributed by atoms with Crippen LogP contribution in [0.1, 0.15) is 15.9 Å². The Morgan fingerprint density at radius 3 is 2.54 bits per heavy atom. The number of benzene rings is 1. The van der Waals surface area contributed by atoms with E-state index in [1.165, 1.54) is 0 Å². The number of nitrogens with zero attached hydrogens (tertiary/aromatic N) is 3. The standard InChI is InChI=1S/C18H15N5O3/c24-18(13-1-2-14-15(9-13)26-11-25-14)21-17-4-3-16(22-23-17)20-10-12-5-7-19-8-6-12/h1-9H,10-11H2,(H,20,22)(H,21,23,24). The summed E-state index contributed by atoms with van der Waals surface area (Å²) in [6, 6.07) is 12.3. The molecule has 0 bridgehead atoms. The van der Waals surface area contributed by atoms with Gasteiger partial charge in [-0.3, -0.25) is 9.78 Å². The van der Waals surface area contributed by atoms with Gasteiger partial charge in [0.15, 0.2) is 17.3 Å². The van der Waals surface area contributed by atoms with Gasteiger partial charge in [-0.25, -0.2) is 0 Å². The van der Waals surface area contributed by atoms with Crippen LogP contribution >= 0.6 is 0 Å². The molecule has 1 aliphatic rings. The Bertz CT molecular complexity index is 916. The summed E-state index contributed by atoms with van der Waals surface area (Å²) in [5.41, 5.74) is 1.54. The van der Waals surface area contributed by atoms with Gasteiger partial charge >= 0.3 is 0 Å². The van der Waals surface area contributed by atoms with E-state index in [-0.39, 0.29) is 12.7 Å². The number of carbonyl (C=O) groups is 1. The van der Waals surface area contributed by atoms with E-state index in [4.69, 9.17) is 9.47 Å². The van der Waals surface area contributed by atoms with Crippen molar-refractivity contribution in [3.63, 3.8) is 0 Å². The van der Waals surface area contributed by atoms with Gasteiger partial charge in [0.2, 0.25) is 6.79 Å². The third-order valence-corrected chi connectivity index (χ3v) is 3.76. The van der Waals surface area contributed by atoms with Crippen LogP contribution in [0, 0.1) is 0 Å². The van der Waals surface area contributed by atoms with Crippen LogP contribution in [0.25, 0.3) is 0 Å². The molecule has 26 heavy (non-hydrogen) atoms. The molecule has 0 aliphatic carbocycles. The predicted molar refractivity (Wildman–Crippen MR) is 94.1 cm³/mol.